The molecule has 0 unspecified atom stereocenters. The fraction of sp³-hybridized carbons (Fsp3) is 0.500. The lowest BCUT2D eigenvalue weighted by Crippen LogP contribution is -2.31. The zero-order chi connectivity index (χ0) is 16.4. The van der Waals surface area contributed by atoms with Crippen molar-refractivity contribution in [3.63, 3.8) is 0 Å². The summed E-state index contributed by atoms with van der Waals surface area (Å²) in [6.07, 6.45) is 6.73. The van der Waals surface area contributed by atoms with E-state index in [0.29, 0.717) is 6.04 Å². The lowest BCUT2D eigenvalue weighted by molar-refractivity contribution is 0.255. The van der Waals surface area contributed by atoms with Gasteiger partial charge in [-0.05, 0) is 63.9 Å². The van der Waals surface area contributed by atoms with Crippen LogP contribution in [0, 0.1) is 5.92 Å². The van der Waals surface area contributed by atoms with Gasteiger partial charge in [-0.3, -0.25) is 4.98 Å². The predicted molar refractivity (Wildman–Crippen MR) is 102 cm³/mol. The molecule has 0 atom stereocenters. The van der Waals surface area contributed by atoms with Gasteiger partial charge in [0.05, 0.1) is 23.1 Å². The number of nitrogens with zero attached hydrogens (tertiary/aromatic N) is 2. The molecule has 1 aromatic heterocycles. The van der Waals surface area contributed by atoms with Gasteiger partial charge >= 0.3 is 0 Å². The van der Waals surface area contributed by atoms with E-state index in [-0.39, 0.29) is 0 Å². The molecule has 1 fully saturated rings. The molecule has 0 aliphatic heterocycles. The van der Waals surface area contributed by atoms with Crippen molar-refractivity contribution in [2.45, 2.75) is 31.7 Å². The van der Waals surface area contributed by atoms with Crippen molar-refractivity contribution >= 4 is 38.2 Å². The second-order valence-corrected chi connectivity index (χ2v) is 7.79. The molecule has 124 valence electrons. The second-order valence-electron chi connectivity index (χ2n) is 6.87. The molecule has 3 N–H and O–H groups in total. The molecule has 4 nitrogen and oxygen atoms in total. The fourth-order valence-corrected chi connectivity index (χ4v) is 3.91. The molecule has 1 aromatic carbocycles. The second kappa shape index (κ2) is 7.05. The maximum Gasteiger partial charge on any atom is 0.0743 e. The summed E-state index contributed by atoms with van der Waals surface area (Å²) in [4.78, 5) is 6.72. The largest absolute Gasteiger partial charge is 0.396 e. The maximum absolute atomic E-state index is 6.20. The van der Waals surface area contributed by atoms with Crippen LogP contribution >= 0.6 is 15.9 Å². The minimum atomic E-state index is 0.500. The quantitative estimate of drug-likeness (QED) is 0.842. The van der Waals surface area contributed by atoms with Crippen molar-refractivity contribution in [3.8, 4) is 0 Å². The summed E-state index contributed by atoms with van der Waals surface area (Å²) in [7, 11) is 4.32. The molecule has 1 aliphatic rings. The summed E-state index contributed by atoms with van der Waals surface area (Å²) in [6, 6.07) is 6.64. The molecule has 0 spiro atoms. The first-order valence-electron chi connectivity index (χ1n) is 8.28. The third-order valence-electron chi connectivity index (χ3n) is 4.68. The van der Waals surface area contributed by atoms with Gasteiger partial charge in [0.1, 0.15) is 0 Å². The SMILES string of the molecule is CN(C)CC1CCC(Nc2c(N)cnc3ccc(Br)cc23)CC1. The predicted octanol–water partition coefficient (Wildman–Crippen LogP) is 4.11. The van der Waals surface area contributed by atoms with Crippen LogP contribution in [0.25, 0.3) is 10.9 Å². The van der Waals surface area contributed by atoms with Gasteiger partial charge in [0.15, 0.2) is 0 Å². The smallest absolute Gasteiger partial charge is 0.0743 e. The molecular formula is C18H25BrN4. The monoisotopic (exact) mass is 376 g/mol. The van der Waals surface area contributed by atoms with Crippen LogP contribution in [0.1, 0.15) is 25.7 Å². The minimum absolute atomic E-state index is 0.500. The molecule has 0 saturated heterocycles. The Balaban J connectivity index is 1.75. The van der Waals surface area contributed by atoms with Crippen LogP contribution in [-0.2, 0) is 0 Å². The van der Waals surface area contributed by atoms with Crippen molar-refractivity contribution in [2.75, 3.05) is 31.7 Å². The molecule has 0 amide bonds. The number of fused-ring (bicyclic) bond motifs is 1. The normalized spacial score (nSPS) is 21.7. The van der Waals surface area contributed by atoms with Crippen molar-refractivity contribution in [2.24, 2.45) is 5.92 Å². The van der Waals surface area contributed by atoms with E-state index in [1.807, 2.05) is 12.1 Å². The van der Waals surface area contributed by atoms with Crippen molar-refractivity contribution in [1.29, 1.82) is 0 Å². The van der Waals surface area contributed by atoms with Gasteiger partial charge in [-0.2, -0.15) is 0 Å². The first kappa shape index (κ1) is 16.5. The highest BCUT2D eigenvalue weighted by Gasteiger charge is 2.22. The number of hydrogen-bond donors (Lipinski definition) is 2. The number of halogens is 1. The molecule has 1 heterocycles. The Morgan fingerprint density at radius 2 is 2.00 bits per heavy atom. The first-order valence-corrected chi connectivity index (χ1v) is 9.07. The minimum Gasteiger partial charge on any atom is -0.396 e. The molecule has 1 saturated carbocycles. The number of aromatic nitrogens is 1. The van der Waals surface area contributed by atoms with Gasteiger partial charge in [0.25, 0.3) is 0 Å². The molecule has 0 bridgehead atoms. The Kier molecular flexibility index (Phi) is 5.07. The van der Waals surface area contributed by atoms with Crippen LogP contribution < -0.4 is 11.1 Å². The summed E-state index contributed by atoms with van der Waals surface area (Å²) in [5.41, 5.74) is 8.94. The van der Waals surface area contributed by atoms with Crippen LogP contribution in [0.5, 0.6) is 0 Å². The molecule has 1 aliphatic carbocycles. The maximum atomic E-state index is 6.20. The summed E-state index contributed by atoms with van der Waals surface area (Å²) in [5, 5.41) is 4.79. The third-order valence-corrected chi connectivity index (χ3v) is 5.17. The van der Waals surface area contributed by atoms with Crippen molar-refractivity contribution < 1.29 is 0 Å². The van der Waals surface area contributed by atoms with E-state index < -0.39 is 0 Å². The summed E-state index contributed by atoms with van der Waals surface area (Å²) in [6.45, 7) is 1.19. The van der Waals surface area contributed by atoms with Crippen LogP contribution in [0.4, 0.5) is 11.4 Å². The van der Waals surface area contributed by atoms with Gasteiger partial charge < -0.3 is 16.0 Å². The topological polar surface area (TPSA) is 54.2 Å². The lowest BCUT2D eigenvalue weighted by Gasteiger charge is -2.31. The van der Waals surface area contributed by atoms with Gasteiger partial charge in [-0.15, -0.1) is 0 Å². The lowest BCUT2D eigenvalue weighted by atomic mass is 9.85. The highest BCUT2D eigenvalue weighted by molar-refractivity contribution is 9.10. The molecule has 2 aromatic rings. The van der Waals surface area contributed by atoms with E-state index in [1.165, 1.54) is 32.2 Å². The Morgan fingerprint density at radius 1 is 1.26 bits per heavy atom. The highest BCUT2D eigenvalue weighted by atomic mass is 79.9. The number of hydrogen-bond acceptors (Lipinski definition) is 4. The van der Waals surface area contributed by atoms with E-state index in [4.69, 9.17) is 5.73 Å². The van der Waals surface area contributed by atoms with E-state index in [0.717, 1.165) is 32.7 Å². The first-order chi connectivity index (χ1) is 11.0. The van der Waals surface area contributed by atoms with Crippen LogP contribution in [0.15, 0.2) is 28.9 Å². The van der Waals surface area contributed by atoms with Crippen molar-refractivity contribution in [1.82, 2.24) is 9.88 Å². The van der Waals surface area contributed by atoms with Gasteiger partial charge in [0, 0.05) is 22.4 Å². The van der Waals surface area contributed by atoms with Gasteiger partial charge in [0.2, 0.25) is 0 Å². The number of rotatable bonds is 4. The van der Waals surface area contributed by atoms with Crippen LogP contribution in [0.3, 0.4) is 0 Å². The Bertz CT molecular complexity index is 673. The molecular weight excluding hydrogens is 352 g/mol. The van der Waals surface area contributed by atoms with Gasteiger partial charge in [-0.1, -0.05) is 15.9 Å². The van der Waals surface area contributed by atoms with E-state index in [2.05, 4.69) is 51.3 Å². The van der Waals surface area contributed by atoms with E-state index >= 15 is 0 Å². The number of benzene rings is 1. The number of pyridine rings is 1. The van der Waals surface area contributed by atoms with Gasteiger partial charge in [-0.25, -0.2) is 0 Å². The zero-order valence-corrected chi connectivity index (χ0v) is 15.4. The Labute approximate surface area is 146 Å². The summed E-state index contributed by atoms with van der Waals surface area (Å²) < 4.78 is 1.05. The van der Waals surface area contributed by atoms with Crippen LogP contribution in [0.2, 0.25) is 0 Å². The molecule has 5 heteroatoms. The summed E-state index contributed by atoms with van der Waals surface area (Å²) in [5.74, 6) is 0.823. The van der Waals surface area contributed by atoms with E-state index in [9.17, 15) is 0 Å². The Hall–Kier alpha value is -1.33. The van der Waals surface area contributed by atoms with E-state index in [1.54, 1.807) is 6.20 Å². The molecule has 23 heavy (non-hydrogen) atoms. The number of anilines is 2. The number of nitrogens with one attached hydrogen (secondary N) is 1. The molecule has 3 rings (SSSR count). The average Bonchev–Trinajstić information content (AvgIpc) is 2.51. The fourth-order valence-electron chi connectivity index (χ4n) is 3.55. The van der Waals surface area contributed by atoms with Crippen molar-refractivity contribution in [3.05, 3.63) is 28.9 Å². The standard InChI is InChI=1S/C18H25BrN4/c1-23(2)11-12-3-6-14(7-4-12)22-18-15-9-13(19)5-8-17(15)21-10-16(18)20/h5,8-10,12,14H,3-4,6-7,11,20H2,1-2H3,(H,21,22). The zero-order valence-electron chi connectivity index (χ0n) is 13.8. The average molecular weight is 377 g/mol. The summed E-state index contributed by atoms with van der Waals surface area (Å²) >= 11 is 3.55. The Morgan fingerprint density at radius 3 is 2.70 bits per heavy atom. The third kappa shape index (κ3) is 3.96. The number of nitrogens with two attached hydrogens (primary N) is 1. The number of nitrogen functional groups attached to an aromatic ring is 1. The molecule has 0 radical (unpaired) electrons. The highest BCUT2D eigenvalue weighted by Crippen LogP contribution is 2.33. The van der Waals surface area contributed by atoms with Crippen LogP contribution in [-0.4, -0.2) is 36.6 Å².